The smallest absolute Gasteiger partial charge is 0.0463 e. The molecule has 0 atom stereocenters. The summed E-state index contributed by atoms with van der Waals surface area (Å²) in [7, 11) is 0. The van der Waals surface area contributed by atoms with Gasteiger partial charge in [-0.25, -0.2) is 0 Å². The number of fused-ring (bicyclic) bond motifs is 6. The molecule has 0 fully saturated rings. The van der Waals surface area contributed by atoms with Gasteiger partial charge < -0.3 is 5.32 Å². The van der Waals surface area contributed by atoms with Crippen LogP contribution in [-0.4, -0.2) is 0 Å². The lowest BCUT2D eigenvalue weighted by molar-refractivity contribution is 0.660. The van der Waals surface area contributed by atoms with Gasteiger partial charge in [-0.15, -0.1) is 11.3 Å². The summed E-state index contributed by atoms with van der Waals surface area (Å²) < 4.78 is 2.66. The van der Waals surface area contributed by atoms with Gasteiger partial charge in [0.05, 0.1) is 0 Å². The monoisotopic (exact) mass is 467 g/mol. The summed E-state index contributed by atoms with van der Waals surface area (Å²) in [5.41, 5.74) is 10.2. The van der Waals surface area contributed by atoms with E-state index >= 15 is 0 Å². The molecule has 1 aliphatic rings. The van der Waals surface area contributed by atoms with Crippen molar-refractivity contribution in [2.75, 3.05) is 5.32 Å². The molecular formula is C33H25NS. The van der Waals surface area contributed by atoms with E-state index in [0.717, 1.165) is 11.4 Å². The number of hydrogen-bond donors (Lipinski definition) is 1. The van der Waals surface area contributed by atoms with E-state index in [2.05, 4.69) is 128 Å². The minimum Gasteiger partial charge on any atom is -0.355 e. The van der Waals surface area contributed by atoms with Crippen molar-refractivity contribution in [2.24, 2.45) is 0 Å². The maximum absolute atomic E-state index is 3.73. The standard InChI is InChI=1S/C33H25NS/c1-33(2)28-12-6-3-10-24(28)25-17-15-21(19-29(25)33)23-9-4-7-13-30(23)34-22-16-18-32-27(20-22)26-11-5-8-14-31(26)35-32/h3-20,34H,1-2H3. The van der Waals surface area contributed by atoms with Crippen LogP contribution < -0.4 is 5.32 Å². The zero-order valence-electron chi connectivity index (χ0n) is 19.8. The number of benzene rings is 5. The predicted molar refractivity (Wildman–Crippen MR) is 152 cm³/mol. The first-order valence-electron chi connectivity index (χ1n) is 12.1. The van der Waals surface area contributed by atoms with Gasteiger partial charge in [-0.2, -0.15) is 0 Å². The summed E-state index contributed by atoms with van der Waals surface area (Å²) in [6.45, 7) is 4.68. The first kappa shape index (κ1) is 20.5. The molecule has 0 unspecified atom stereocenters. The molecule has 1 N–H and O–H groups in total. The zero-order valence-corrected chi connectivity index (χ0v) is 20.6. The molecule has 0 saturated heterocycles. The Bertz CT molecular complexity index is 1750. The molecule has 0 aliphatic heterocycles. The third kappa shape index (κ3) is 3.14. The zero-order chi connectivity index (χ0) is 23.6. The molecule has 6 aromatic rings. The second kappa shape index (κ2) is 7.56. The molecule has 168 valence electrons. The maximum atomic E-state index is 3.73. The van der Waals surface area contributed by atoms with E-state index in [1.54, 1.807) is 0 Å². The van der Waals surface area contributed by atoms with Crippen LogP contribution in [0, 0.1) is 0 Å². The molecule has 0 spiro atoms. The minimum atomic E-state index is -0.00461. The fraction of sp³-hybridized carbons (Fsp3) is 0.0909. The minimum absolute atomic E-state index is 0.00461. The van der Waals surface area contributed by atoms with Crippen molar-refractivity contribution in [3.63, 3.8) is 0 Å². The van der Waals surface area contributed by atoms with Gasteiger partial charge in [0.15, 0.2) is 0 Å². The van der Waals surface area contributed by atoms with Gasteiger partial charge in [0.1, 0.15) is 0 Å². The summed E-state index contributed by atoms with van der Waals surface area (Å²) in [6, 6.07) is 39.8. The highest BCUT2D eigenvalue weighted by molar-refractivity contribution is 7.25. The van der Waals surface area contributed by atoms with Crippen molar-refractivity contribution in [3.05, 3.63) is 120 Å². The number of thiophene rings is 1. The molecule has 1 nitrogen and oxygen atoms in total. The molecule has 35 heavy (non-hydrogen) atoms. The number of nitrogens with one attached hydrogen (secondary N) is 1. The number of rotatable bonds is 3. The Morgan fingerprint density at radius 1 is 0.571 bits per heavy atom. The van der Waals surface area contributed by atoms with Gasteiger partial charge in [0.25, 0.3) is 0 Å². The van der Waals surface area contributed by atoms with Crippen LogP contribution in [0.5, 0.6) is 0 Å². The van der Waals surface area contributed by atoms with E-state index in [-0.39, 0.29) is 5.41 Å². The van der Waals surface area contributed by atoms with Gasteiger partial charge >= 0.3 is 0 Å². The Balaban J connectivity index is 1.31. The first-order valence-corrected chi connectivity index (χ1v) is 12.9. The van der Waals surface area contributed by atoms with E-state index in [1.807, 2.05) is 11.3 Å². The van der Waals surface area contributed by atoms with Gasteiger partial charge in [0, 0.05) is 42.5 Å². The van der Waals surface area contributed by atoms with Crippen molar-refractivity contribution in [1.82, 2.24) is 0 Å². The van der Waals surface area contributed by atoms with Gasteiger partial charge in [-0.1, -0.05) is 86.6 Å². The average Bonchev–Trinajstić information content (AvgIpc) is 3.37. The van der Waals surface area contributed by atoms with Crippen LogP contribution in [0.4, 0.5) is 11.4 Å². The Morgan fingerprint density at radius 3 is 2.20 bits per heavy atom. The SMILES string of the molecule is CC1(C)c2ccccc2-c2ccc(-c3ccccc3Nc3ccc4sc5ccccc5c4c3)cc21. The van der Waals surface area contributed by atoms with Crippen molar-refractivity contribution < 1.29 is 0 Å². The van der Waals surface area contributed by atoms with Gasteiger partial charge in [-0.05, 0) is 64.2 Å². The van der Waals surface area contributed by atoms with Crippen LogP contribution in [0.15, 0.2) is 109 Å². The molecular weight excluding hydrogens is 442 g/mol. The Labute approximate surface area is 209 Å². The molecule has 7 rings (SSSR count). The molecule has 1 aliphatic carbocycles. The fourth-order valence-corrected chi connectivity index (χ4v) is 6.76. The highest BCUT2D eigenvalue weighted by Crippen LogP contribution is 2.50. The normalized spacial score (nSPS) is 13.7. The topological polar surface area (TPSA) is 12.0 Å². The van der Waals surface area contributed by atoms with Gasteiger partial charge in [-0.3, -0.25) is 0 Å². The predicted octanol–water partition coefficient (Wildman–Crippen LogP) is 9.77. The first-order chi connectivity index (χ1) is 17.1. The third-order valence-electron chi connectivity index (χ3n) is 7.48. The van der Waals surface area contributed by atoms with E-state index < -0.39 is 0 Å². The van der Waals surface area contributed by atoms with Gasteiger partial charge in [0.2, 0.25) is 0 Å². The van der Waals surface area contributed by atoms with E-state index in [1.165, 1.54) is 53.6 Å². The summed E-state index contributed by atoms with van der Waals surface area (Å²) in [4.78, 5) is 0. The lowest BCUT2D eigenvalue weighted by Gasteiger charge is -2.22. The Hall–Kier alpha value is -3.88. The molecule has 0 radical (unpaired) electrons. The number of para-hydroxylation sites is 1. The molecule has 2 heteroatoms. The second-order valence-corrected chi connectivity index (χ2v) is 11.0. The molecule has 5 aromatic carbocycles. The van der Waals surface area contributed by atoms with Crippen LogP contribution in [0.25, 0.3) is 42.4 Å². The summed E-state index contributed by atoms with van der Waals surface area (Å²) in [5, 5.41) is 6.36. The van der Waals surface area contributed by atoms with Crippen molar-refractivity contribution in [2.45, 2.75) is 19.3 Å². The molecule has 0 saturated carbocycles. The van der Waals surface area contributed by atoms with Crippen molar-refractivity contribution >= 4 is 42.9 Å². The second-order valence-electron chi connectivity index (χ2n) is 9.91. The van der Waals surface area contributed by atoms with E-state index in [0.29, 0.717) is 0 Å². The fourth-order valence-electron chi connectivity index (χ4n) is 5.68. The summed E-state index contributed by atoms with van der Waals surface area (Å²) >= 11 is 1.85. The lowest BCUT2D eigenvalue weighted by atomic mass is 9.81. The lowest BCUT2D eigenvalue weighted by Crippen LogP contribution is -2.14. The molecule has 0 bridgehead atoms. The van der Waals surface area contributed by atoms with Crippen LogP contribution in [0.1, 0.15) is 25.0 Å². The molecule has 1 aromatic heterocycles. The Morgan fingerprint density at radius 2 is 1.29 bits per heavy atom. The maximum Gasteiger partial charge on any atom is 0.0463 e. The quantitative estimate of drug-likeness (QED) is 0.273. The van der Waals surface area contributed by atoms with Crippen LogP contribution >= 0.6 is 11.3 Å². The van der Waals surface area contributed by atoms with Crippen LogP contribution in [-0.2, 0) is 5.41 Å². The number of anilines is 2. The highest BCUT2D eigenvalue weighted by Gasteiger charge is 2.35. The van der Waals surface area contributed by atoms with Crippen molar-refractivity contribution in [1.29, 1.82) is 0 Å². The average molecular weight is 468 g/mol. The largest absolute Gasteiger partial charge is 0.355 e. The highest BCUT2D eigenvalue weighted by atomic mass is 32.1. The third-order valence-corrected chi connectivity index (χ3v) is 8.63. The summed E-state index contributed by atoms with van der Waals surface area (Å²) in [6.07, 6.45) is 0. The van der Waals surface area contributed by atoms with Crippen LogP contribution in [0.2, 0.25) is 0 Å². The van der Waals surface area contributed by atoms with Crippen molar-refractivity contribution in [3.8, 4) is 22.3 Å². The van der Waals surface area contributed by atoms with E-state index in [9.17, 15) is 0 Å². The molecule has 0 amide bonds. The van der Waals surface area contributed by atoms with E-state index in [4.69, 9.17) is 0 Å². The molecule has 1 heterocycles. The number of hydrogen-bond acceptors (Lipinski definition) is 2. The van der Waals surface area contributed by atoms with Crippen LogP contribution in [0.3, 0.4) is 0 Å². The Kier molecular flexibility index (Phi) is 4.43. The summed E-state index contributed by atoms with van der Waals surface area (Å²) in [5.74, 6) is 0.